The number of nitrogens with zero attached hydrogens (tertiary/aromatic N) is 1. The number of benzene rings is 2. The fraction of sp³-hybridized carbons (Fsp3) is 0.417. The van der Waals surface area contributed by atoms with Crippen molar-refractivity contribution in [2.24, 2.45) is 0 Å². The van der Waals surface area contributed by atoms with Crippen molar-refractivity contribution >= 4 is 35.0 Å². The van der Waals surface area contributed by atoms with Crippen LogP contribution in [-0.4, -0.2) is 35.9 Å². The van der Waals surface area contributed by atoms with Crippen molar-refractivity contribution in [3.8, 4) is 5.75 Å². The van der Waals surface area contributed by atoms with Crippen molar-refractivity contribution in [3.05, 3.63) is 63.6 Å². The van der Waals surface area contributed by atoms with E-state index in [4.69, 9.17) is 27.9 Å². The first-order chi connectivity index (χ1) is 14.9. The average molecular weight is 465 g/mol. The molecule has 0 spiro atoms. The predicted molar refractivity (Wildman–Crippen MR) is 126 cm³/mol. The molecule has 0 aromatic heterocycles. The number of carbonyl (C=O) groups excluding carboxylic acids is 2. The van der Waals surface area contributed by atoms with Gasteiger partial charge in [-0.25, -0.2) is 0 Å². The summed E-state index contributed by atoms with van der Waals surface area (Å²) in [6.45, 7) is 6.30. The molecule has 7 heteroatoms. The topological polar surface area (TPSA) is 58.6 Å². The Kier molecular flexibility index (Phi) is 10.2. The molecule has 5 nitrogen and oxygen atoms in total. The fourth-order valence-electron chi connectivity index (χ4n) is 3.02. The van der Waals surface area contributed by atoms with E-state index in [1.54, 1.807) is 25.1 Å². The molecule has 168 valence electrons. The second kappa shape index (κ2) is 12.6. The van der Waals surface area contributed by atoms with E-state index in [0.717, 1.165) is 19.3 Å². The first kappa shape index (κ1) is 25.0. The molecule has 2 aromatic rings. The second-order valence-electron chi connectivity index (χ2n) is 7.33. The summed E-state index contributed by atoms with van der Waals surface area (Å²) in [6.07, 6.45) is 2.77. The summed E-state index contributed by atoms with van der Waals surface area (Å²) in [5.41, 5.74) is 1.78. The molecule has 0 fully saturated rings. The Morgan fingerprint density at radius 3 is 2.29 bits per heavy atom. The van der Waals surface area contributed by atoms with Crippen LogP contribution >= 0.6 is 23.2 Å². The van der Waals surface area contributed by atoms with Crippen LogP contribution < -0.4 is 10.1 Å². The number of hydrogen-bond donors (Lipinski definition) is 1. The number of amides is 2. The Morgan fingerprint density at radius 1 is 1.06 bits per heavy atom. The summed E-state index contributed by atoms with van der Waals surface area (Å²) in [6, 6.07) is 12.1. The quantitative estimate of drug-likeness (QED) is 0.460. The van der Waals surface area contributed by atoms with E-state index < -0.39 is 6.04 Å². The summed E-state index contributed by atoms with van der Waals surface area (Å²) >= 11 is 12.6. The van der Waals surface area contributed by atoms with Crippen LogP contribution in [0.2, 0.25) is 10.0 Å². The van der Waals surface area contributed by atoms with Gasteiger partial charge >= 0.3 is 0 Å². The van der Waals surface area contributed by atoms with Crippen LogP contribution in [0.3, 0.4) is 0 Å². The first-order valence-electron chi connectivity index (χ1n) is 10.6. The van der Waals surface area contributed by atoms with E-state index in [-0.39, 0.29) is 25.0 Å². The molecule has 0 heterocycles. The fourth-order valence-corrected chi connectivity index (χ4v) is 3.54. The second-order valence-corrected chi connectivity index (χ2v) is 8.14. The zero-order valence-electron chi connectivity index (χ0n) is 18.3. The Bertz CT molecular complexity index is 851. The third-order valence-corrected chi connectivity index (χ3v) is 5.79. The molecule has 2 rings (SSSR count). The lowest BCUT2D eigenvalue weighted by atomic mass is 10.1. The van der Waals surface area contributed by atoms with E-state index in [1.165, 1.54) is 10.5 Å². The molecule has 0 bridgehead atoms. The number of nitrogens with one attached hydrogen (secondary N) is 1. The first-order valence-corrected chi connectivity index (χ1v) is 11.3. The average Bonchev–Trinajstić information content (AvgIpc) is 2.77. The van der Waals surface area contributed by atoms with Gasteiger partial charge in [0.15, 0.2) is 6.61 Å². The highest BCUT2D eigenvalue weighted by atomic mass is 35.5. The van der Waals surface area contributed by atoms with E-state index in [2.05, 4.69) is 19.2 Å². The number of ether oxygens (including phenoxy) is 1. The van der Waals surface area contributed by atoms with Crippen molar-refractivity contribution in [2.75, 3.05) is 13.2 Å². The number of unbranched alkanes of at least 4 members (excludes halogenated alkanes) is 1. The third-order valence-electron chi connectivity index (χ3n) is 5.08. The number of carbonyl (C=O) groups is 2. The minimum atomic E-state index is -0.706. The molecular weight excluding hydrogens is 435 g/mol. The molecule has 0 unspecified atom stereocenters. The van der Waals surface area contributed by atoms with Crippen molar-refractivity contribution in [1.82, 2.24) is 10.2 Å². The Labute approximate surface area is 194 Å². The van der Waals surface area contributed by atoms with Crippen molar-refractivity contribution in [2.45, 2.75) is 52.6 Å². The van der Waals surface area contributed by atoms with Gasteiger partial charge in [-0.05, 0) is 49.6 Å². The molecule has 0 saturated heterocycles. The molecule has 2 amide bonds. The maximum absolute atomic E-state index is 13.1. The molecule has 31 heavy (non-hydrogen) atoms. The molecule has 0 aliphatic rings. The molecule has 1 atom stereocenters. The van der Waals surface area contributed by atoms with E-state index in [1.807, 2.05) is 24.3 Å². The zero-order valence-corrected chi connectivity index (χ0v) is 19.8. The predicted octanol–water partition coefficient (Wildman–Crippen LogP) is 5.27. The highest BCUT2D eigenvalue weighted by Crippen LogP contribution is 2.26. The largest absolute Gasteiger partial charge is 0.484 e. The highest BCUT2D eigenvalue weighted by Gasteiger charge is 2.27. The smallest absolute Gasteiger partial charge is 0.261 e. The van der Waals surface area contributed by atoms with Gasteiger partial charge in [-0.2, -0.15) is 0 Å². The minimum absolute atomic E-state index is 0.109. The summed E-state index contributed by atoms with van der Waals surface area (Å²) < 4.78 is 5.69. The maximum Gasteiger partial charge on any atom is 0.261 e. The number of hydrogen-bond acceptors (Lipinski definition) is 3. The Hall–Kier alpha value is -2.24. The number of rotatable bonds is 11. The van der Waals surface area contributed by atoms with Crippen molar-refractivity contribution in [1.29, 1.82) is 0 Å². The van der Waals surface area contributed by atoms with Gasteiger partial charge in [-0.1, -0.05) is 61.7 Å². The molecule has 0 saturated carbocycles. The lowest BCUT2D eigenvalue weighted by Crippen LogP contribution is -2.49. The van der Waals surface area contributed by atoms with Crippen LogP contribution in [0.1, 0.15) is 44.7 Å². The van der Waals surface area contributed by atoms with Crippen LogP contribution in [0.25, 0.3) is 0 Å². The summed E-state index contributed by atoms with van der Waals surface area (Å²) in [7, 11) is 0. The van der Waals surface area contributed by atoms with Gasteiger partial charge in [0.25, 0.3) is 5.91 Å². The standard InChI is InChI=1S/C24H30Cl2N2O3/c1-4-6-14-27-24(30)17(3)28(15-20-21(25)8-7-9-22(20)26)23(29)16-31-19-12-10-18(5-2)11-13-19/h7-13,17H,4-6,14-16H2,1-3H3,(H,27,30)/t17-/m1/s1. The van der Waals surface area contributed by atoms with Gasteiger partial charge in [0, 0.05) is 28.7 Å². The van der Waals surface area contributed by atoms with E-state index in [0.29, 0.717) is 27.9 Å². The molecule has 0 aliphatic carbocycles. The van der Waals surface area contributed by atoms with Gasteiger partial charge in [0.05, 0.1) is 0 Å². The summed E-state index contributed by atoms with van der Waals surface area (Å²) in [5, 5.41) is 3.77. The minimum Gasteiger partial charge on any atom is -0.484 e. The van der Waals surface area contributed by atoms with Gasteiger partial charge in [-0.3, -0.25) is 9.59 Å². The van der Waals surface area contributed by atoms with Crippen LogP contribution in [0, 0.1) is 0 Å². The van der Waals surface area contributed by atoms with E-state index in [9.17, 15) is 9.59 Å². The summed E-state index contributed by atoms with van der Waals surface area (Å²) in [5.74, 6) is 0.0484. The van der Waals surface area contributed by atoms with Crippen molar-refractivity contribution < 1.29 is 14.3 Å². The van der Waals surface area contributed by atoms with Crippen LogP contribution in [0.5, 0.6) is 5.75 Å². The lowest BCUT2D eigenvalue weighted by molar-refractivity contribution is -0.142. The van der Waals surface area contributed by atoms with Gasteiger partial charge in [-0.15, -0.1) is 0 Å². The monoisotopic (exact) mass is 464 g/mol. The van der Waals surface area contributed by atoms with Crippen LogP contribution in [0.4, 0.5) is 0 Å². The van der Waals surface area contributed by atoms with Gasteiger partial charge in [0.2, 0.25) is 5.91 Å². The van der Waals surface area contributed by atoms with Crippen molar-refractivity contribution in [3.63, 3.8) is 0 Å². The normalized spacial score (nSPS) is 11.6. The lowest BCUT2D eigenvalue weighted by Gasteiger charge is -2.29. The van der Waals surface area contributed by atoms with Crippen LogP contribution in [-0.2, 0) is 22.6 Å². The van der Waals surface area contributed by atoms with Crippen LogP contribution in [0.15, 0.2) is 42.5 Å². The highest BCUT2D eigenvalue weighted by molar-refractivity contribution is 6.36. The molecule has 0 aliphatic heterocycles. The number of halogens is 2. The molecule has 1 N–H and O–H groups in total. The van der Waals surface area contributed by atoms with Gasteiger partial charge in [0.1, 0.15) is 11.8 Å². The van der Waals surface area contributed by atoms with Gasteiger partial charge < -0.3 is 15.0 Å². The Balaban J connectivity index is 2.16. The Morgan fingerprint density at radius 2 is 1.71 bits per heavy atom. The maximum atomic E-state index is 13.1. The molecule has 2 aromatic carbocycles. The molecule has 0 radical (unpaired) electrons. The summed E-state index contributed by atoms with van der Waals surface area (Å²) in [4.78, 5) is 27.2. The number of aryl methyl sites for hydroxylation is 1. The van der Waals surface area contributed by atoms with E-state index >= 15 is 0 Å². The zero-order chi connectivity index (χ0) is 22.8. The third kappa shape index (κ3) is 7.44. The SMILES string of the molecule is CCCCNC(=O)[C@@H](C)N(Cc1c(Cl)cccc1Cl)C(=O)COc1ccc(CC)cc1. The molecular formula is C24H30Cl2N2O3.